The maximum Gasteiger partial charge on any atom is 0.290 e. The largest absolute Gasteiger partial charge is 0.504 e. The Bertz CT molecular complexity index is 1180. The number of carbonyl (C=O) groups excluding carboxylic acids is 2. The molecule has 0 saturated carbocycles. The second-order valence-electron chi connectivity index (χ2n) is 7.26. The van der Waals surface area contributed by atoms with Crippen molar-refractivity contribution in [2.24, 2.45) is 0 Å². The zero-order valence-electron chi connectivity index (χ0n) is 16.7. The molecule has 1 atom stereocenters. The molecule has 30 heavy (non-hydrogen) atoms. The van der Waals surface area contributed by atoms with E-state index in [-0.39, 0.29) is 22.9 Å². The average molecular weight is 406 g/mol. The Kier molecular flexibility index (Phi) is 4.95. The zero-order chi connectivity index (χ0) is 21.4. The summed E-state index contributed by atoms with van der Waals surface area (Å²) in [6.07, 6.45) is 2.45. The van der Waals surface area contributed by atoms with Crippen molar-refractivity contribution in [1.82, 2.24) is 9.88 Å². The molecule has 4 rings (SSSR count). The number of nitrogens with zero attached hydrogens (tertiary/aromatic N) is 1. The summed E-state index contributed by atoms with van der Waals surface area (Å²) in [5.74, 6) is -1.32. The van der Waals surface area contributed by atoms with Gasteiger partial charge in [0, 0.05) is 23.6 Å². The number of nitrogens with one attached hydrogen (secondary N) is 1. The highest BCUT2D eigenvalue weighted by molar-refractivity contribution is 6.08. The number of methoxy groups -OCH3 is 1. The molecule has 0 saturated heterocycles. The van der Waals surface area contributed by atoms with Gasteiger partial charge in [0.15, 0.2) is 23.0 Å². The van der Waals surface area contributed by atoms with Crippen molar-refractivity contribution in [1.29, 1.82) is 0 Å². The predicted octanol–water partition coefficient (Wildman–Crippen LogP) is 3.41. The minimum absolute atomic E-state index is 0.0477. The number of aliphatic hydroxyl groups is 1. The van der Waals surface area contributed by atoms with E-state index < -0.39 is 17.7 Å². The van der Waals surface area contributed by atoms with E-state index in [1.54, 1.807) is 12.1 Å². The number of ketones is 1. The van der Waals surface area contributed by atoms with E-state index in [9.17, 15) is 19.8 Å². The first-order chi connectivity index (χ1) is 14.4. The second kappa shape index (κ2) is 7.59. The molecule has 1 aromatic heterocycles. The molecule has 3 aromatic rings. The number of benzene rings is 2. The van der Waals surface area contributed by atoms with E-state index in [0.717, 1.165) is 16.5 Å². The van der Waals surface area contributed by atoms with Gasteiger partial charge in [0.25, 0.3) is 5.91 Å². The van der Waals surface area contributed by atoms with Crippen LogP contribution in [0.15, 0.2) is 60.0 Å². The topological polar surface area (TPSA) is 103 Å². The van der Waals surface area contributed by atoms with Gasteiger partial charge in [-0.05, 0) is 42.7 Å². The van der Waals surface area contributed by atoms with Gasteiger partial charge in [-0.25, -0.2) is 0 Å². The molecule has 154 valence electrons. The number of H-pyrrole nitrogens is 1. The zero-order valence-corrected chi connectivity index (χ0v) is 16.7. The fraction of sp³-hybridized carbons (Fsp3) is 0.217. The van der Waals surface area contributed by atoms with Gasteiger partial charge in [-0.1, -0.05) is 24.3 Å². The number of amides is 1. The third-order valence-corrected chi connectivity index (χ3v) is 5.50. The standard InChI is InChI=1S/C23H22N2O5/c1-13(26)20-21(14-7-8-18(27)19(11-14)30-2)25(23(29)22(20)28)10-9-15-12-24-17-6-4-3-5-16(15)17/h3-8,11-12,21,24,27-28H,9-10H2,1-2H3/t21-/m0/s1. The lowest BCUT2D eigenvalue weighted by Gasteiger charge is -2.27. The number of hydrogen-bond acceptors (Lipinski definition) is 5. The molecule has 0 spiro atoms. The Morgan fingerprint density at radius 2 is 1.97 bits per heavy atom. The first kappa shape index (κ1) is 19.6. The molecule has 0 unspecified atom stereocenters. The van der Waals surface area contributed by atoms with Crippen LogP contribution in [-0.4, -0.2) is 45.4 Å². The van der Waals surface area contributed by atoms with Gasteiger partial charge < -0.3 is 24.8 Å². The number of Topliss-reactive ketones (excluding diaryl/α,β-unsaturated/α-hetero) is 1. The molecule has 1 aliphatic heterocycles. The Morgan fingerprint density at radius 1 is 1.20 bits per heavy atom. The summed E-state index contributed by atoms with van der Waals surface area (Å²) in [6, 6.07) is 11.8. The molecular formula is C23H22N2O5. The number of hydrogen-bond donors (Lipinski definition) is 3. The number of phenols is 1. The normalized spacial score (nSPS) is 16.5. The lowest BCUT2D eigenvalue weighted by Crippen LogP contribution is -2.32. The molecule has 0 aliphatic carbocycles. The van der Waals surface area contributed by atoms with Crippen molar-refractivity contribution >= 4 is 22.6 Å². The average Bonchev–Trinajstić information content (AvgIpc) is 3.26. The van der Waals surface area contributed by atoms with Crippen LogP contribution in [0.1, 0.15) is 24.1 Å². The predicted molar refractivity (Wildman–Crippen MR) is 111 cm³/mol. The molecule has 2 heterocycles. The van der Waals surface area contributed by atoms with Crippen LogP contribution in [0.3, 0.4) is 0 Å². The SMILES string of the molecule is COc1cc([C@H]2C(C(C)=O)=C(O)C(=O)N2CCc2c[nH]c3ccccc23)ccc1O. The van der Waals surface area contributed by atoms with E-state index in [1.165, 1.54) is 25.0 Å². The lowest BCUT2D eigenvalue weighted by atomic mass is 9.96. The first-order valence-electron chi connectivity index (χ1n) is 9.59. The van der Waals surface area contributed by atoms with Gasteiger partial charge >= 0.3 is 0 Å². The number of rotatable bonds is 6. The van der Waals surface area contributed by atoms with Gasteiger partial charge in [-0.15, -0.1) is 0 Å². The highest BCUT2D eigenvalue weighted by Crippen LogP contribution is 2.40. The van der Waals surface area contributed by atoms with Crippen molar-refractivity contribution in [3.05, 3.63) is 71.1 Å². The molecule has 0 fully saturated rings. The van der Waals surface area contributed by atoms with Gasteiger partial charge in [0.05, 0.1) is 18.7 Å². The monoisotopic (exact) mass is 406 g/mol. The molecule has 7 nitrogen and oxygen atoms in total. The van der Waals surface area contributed by atoms with Crippen molar-refractivity contribution < 1.29 is 24.5 Å². The fourth-order valence-corrected chi connectivity index (χ4v) is 4.03. The Hall–Kier alpha value is -3.74. The summed E-state index contributed by atoms with van der Waals surface area (Å²) in [7, 11) is 1.42. The summed E-state index contributed by atoms with van der Waals surface area (Å²) in [5, 5.41) is 21.4. The highest BCUT2D eigenvalue weighted by Gasteiger charge is 2.42. The number of carbonyl (C=O) groups is 2. The van der Waals surface area contributed by atoms with Crippen LogP contribution in [0.5, 0.6) is 11.5 Å². The first-order valence-corrected chi connectivity index (χ1v) is 9.59. The Labute approximate surface area is 173 Å². The maximum absolute atomic E-state index is 12.8. The van der Waals surface area contributed by atoms with E-state index in [4.69, 9.17) is 4.74 Å². The maximum atomic E-state index is 12.8. The molecular weight excluding hydrogens is 384 g/mol. The molecule has 7 heteroatoms. The van der Waals surface area contributed by atoms with Gasteiger partial charge in [0.1, 0.15) is 0 Å². The second-order valence-corrected chi connectivity index (χ2v) is 7.26. The third-order valence-electron chi connectivity index (χ3n) is 5.50. The fourth-order valence-electron chi connectivity index (χ4n) is 4.03. The lowest BCUT2D eigenvalue weighted by molar-refractivity contribution is -0.129. The number of phenolic OH excluding ortho intramolecular Hbond substituents is 1. The molecule has 1 aliphatic rings. The van der Waals surface area contributed by atoms with Crippen molar-refractivity contribution in [2.75, 3.05) is 13.7 Å². The van der Waals surface area contributed by atoms with Crippen LogP contribution in [0.4, 0.5) is 0 Å². The smallest absolute Gasteiger partial charge is 0.290 e. The third kappa shape index (κ3) is 3.18. The quantitative estimate of drug-likeness (QED) is 0.582. The summed E-state index contributed by atoms with van der Waals surface area (Å²) < 4.78 is 5.18. The van der Waals surface area contributed by atoms with Crippen LogP contribution in [0, 0.1) is 0 Å². The van der Waals surface area contributed by atoms with Crippen molar-refractivity contribution in [3.8, 4) is 11.5 Å². The number of para-hydroxylation sites is 1. The molecule has 0 radical (unpaired) electrons. The number of aromatic amines is 1. The number of aromatic nitrogens is 1. The number of aromatic hydroxyl groups is 1. The minimum Gasteiger partial charge on any atom is -0.504 e. The van der Waals surface area contributed by atoms with Crippen LogP contribution < -0.4 is 4.74 Å². The number of aliphatic hydroxyl groups excluding tert-OH is 1. The molecule has 3 N–H and O–H groups in total. The molecule has 1 amide bonds. The van der Waals surface area contributed by atoms with E-state index in [1.807, 2.05) is 30.5 Å². The van der Waals surface area contributed by atoms with E-state index in [2.05, 4.69) is 4.98 Å². The number of ether oxygens (including phenoxy) is 1. The number of fused-ring (bicyclic) bond motifs is 1. The van der Waals surface area contributed by atoms with Gasteiger partial charge in [-0.2, -0.15) is 0 Å². The van der Waals surface area contributed by atoms with Crippen LogP contribution in [-0.2, 0) is 16.0 Å². The molecule has 0 bridgehead atoms. The van der Waals surface area contributed by atoms with Gasteiger partial charge in [0.2, 0.25) is 0 Å². The van der Waals surface area contributed by atoms with Crippen molar-refractivity contribution in [3.63, 3.8) is 0 Å². The van der Waals surface area contributed by atoms with Crippen molar-refractivity contribution in [2.45, 2.75) is 19.4 Å². The highest BCUT2D eigenvalue weighted by atomic mass is 16.5. The Morgan fingerprint density at radius 3 is 2.70 bits per heavy atom. The summed E-state index contributed by atoms with van der Waals surface area (Å²) in [6.45, 7) is 1.63. The minimum atomic E-state index is -0.755. The summed E-state index contributed by atoms with van der Waals surface area (Å²) in [4.78, 5) is 29.8. The molecule has 2 aromatic carbocycles. The van der Waals surface area contributed by atoms with Crippen LogP contribution in [0.25, 0.3) is 10.9 Å². The summed E-state index contributed by atoms with van der Waals surface area (Å²) >= 11 is 0. The van der Waals surface area contributed by atoms with Crippen LogP contribution in [0.2, 0.25) is 0 Å². The summed E-state index contributed by atoms with van der Waals surface area (Å²) in [5.41, 5.74) is 2.67. The van der Waals surface area contributed by atoms with Gasteiger partial charge in [-0.3, -0.25) is 9.59 Å². The van der Waals surface area contributed by atoms with E-state index in [0.29, 0.717) is 18.5 Å². The van der Waals surface area contributed by atoms with Crippen LogP contribution >= 0.6 is 0 Å². The Balaban J connectivity index is 1.70. The van der Waals surface area contributed by atoms with E-state index >= 15 is 0 Å².